The Morgan fingerprint density at radius 2 is 1.76 bits per heavy atom. The highest BCUT2D eigenvalue weighted by Crippen LogP contribution is 2.22. The Morgan fingerprint density at radius 3 is 2.48 bits per heavy atom. The van der Waals surface area contributed by atoms with E-state index in [2.05, 4.69) is 15.8 Å². The minimum atomic E-state index is -0.567. The zero-order valence-corrected chi connectivity index (χ0v) is 17.0. The van der Waals surface area contributed by atoms with Gasteiger partial charge in [0.1, 0.15) is 0 Å². The molecule has 2 N–H and O–H groups in total. The molecule has 2 amide bonds. The van der Waals surface area contributed by atoms with E-state index >= 15 is 0 Å². The van der Waals surface area contributed by atoms with Crippen molar-refractivity contribution in [3.63, 3.8) is 0 Å². The Kier molecular flexibility index (Phi) is 6.66. The average molecular weight is 410 g/mol. The van der Waals surface area contributed by atoms with Crippen LogP contribution in [0.1, 0.15) is 30.6 Å². The van der Waals surface area contributed by atoms with Gasteiger partial charge in [0.05, 0.1) is 16.2 Å². The number of fused-ring (bicyclic) bond motifs is 1. The number of hydrazine groups is 1. The number of amides is 2. The Bertz CT molecular complexity index is 1080. The topological polar surface area (TPSA) is 93.1 Å². The normalized spacial score (nSPS) is 11.8. The van der Waals surface area contributed by atoms with Gasteiger partial charge in [0.2, 0.25) is 0 Å². The van der Waals surface area contributed by atoms with Crippen LogP contribution < -0.4 is 16.4 Å². The van der Waals surface area contributed by atoms with Gasteiger partial charge < -0.3 is 0 Å². The van der Waals surface area contributed by atoms with Crippen molar-refractivity contribution in [2.45, 2.75) is 37.2 Å². The number of aromatic nitrogens is 2. The predicted octanol–water partition coefficient (Wildman–Crippen LogP) is 2.75. The summed E-state index contributed by atoms with van der Waals surface area (Å²) in [5.41, 5.74) is 5.75. The van der Waals surface area contributed by atoms with Gasteiger partial charge in [-0.1, -0.05) is 49.0 Å². The molecule has 0 aliphatic carbocycles. The minimum Gasteiger partial charge on any atom is -0.287 e. The molecule has 1 aromatic heterocycles. The average Bonchev–Trinajstić information content (AvgIpc) is 2.75. The monoisotopic (exact) mass is 410 g/mol. The number of thioether (sulfide) groups is 1. The largest absolute Gasteiger partial charge is 0.287 e. The molecule has 0 fully saturated rings. The van der Waals surface area contributed by atoms with Gasteiger partial charge in [-0.15, -0.1) is 0 Å². The Balaban J connectivity index is 1.74. The second kappa shape index (κ2) is 9.38. The highest BCUT2D eigenvalue weighted by Gasteiger charge is 2.20. The Morgan fingerprint density at radius 1 is 1.07 bits per heavy atom. The first-order valence-electron chi connectivity index (χ1n) is 9.32. The van der Waals surface area contributed by atoms with Crippen molar-refractivity contribution in [2.24, 2.45) is 0 Å². The molecule has 0 saturated carbocycles. The lowest BCUT2D eigenvalue weighted by molar-refractivity contribution is -0.121. The van der Waals surface area contributed by atoms with E-state index in [1.54, 1.807) is 60.0 Å². The van der Waals surface area contributed by atoms with Crippen molar-refractivity contribution >= 4 is 34.5 Å². The quantitative estimate of drug-likeness (QED) is 0.370. The summed E-state index contributed by atoms with van der Waals surface area (Å²) in [5.74, 6) is -0.785. The zero-order valence-electron chi connectivity index (χ0n) is 16.2. The van der Waals surface area contributed by atoms with Gasteiger partial charge in [-0.05, 0) is 37.6 Å². The van der Waals surface area contributed by atoms with Crippen molar-refractivity contribution in [1.29, 1.82) is 0 Å². The number of para-hydroxylation sites is 1. The van der Waals surface area contributed by atoms with Crippen LogP contribution in [0.3, 0.4) is 0 Å². The van der Waals surface area contributed by atoms with Gasteiger partial charge in [0, 0.05) is 12.1 Å². The van der Waals surface area contributed by atoms with Crippen LogP contribution in [0.25, 0.3) is 10.9 Å². The molecule has 1 heterocycles. The van der Waals surface area contributed by atoms with Gasteiger partial charge in [0.15, 0.2) is 5.16 Å². The summed E-state index contributed by atoms with van der Waals surface area (Å²) in [5, 5.41) is 0.465. The molecule has 2 aromatic carbocycles. The predicted molar refractivity (Wildman–Crippen MR) is 114 cm³/mol. The molecule has 0 radical (unpaired) electrons. The molecule has 8 heteroatoms. The molecule has 0 saturated heterocycles. The van der Waals surface area contributed by atoms with Crippen molar-refractivity contribution in [3.8, 4) is 0 Å². The first-order chi connectivity index (χ1) is 14.0. The molecule has 0 aliphatic rings. The van der Waals surface area contributed by atoms with E-state index in [0.717, 1.165) is 6.42 Å². The van der Waals surface area contributed by atoms with Crippen molar-refractivity contribution in [3.05, 3.63) is 70.5 Å². The summed E-state index contributed by atoms with van der Waals surface area (Å²) < 4.78 is 1.60. The van der Waals surface area contributed by atoms with Crippen LogP contribution in [0, 0.1) is 0 Å². The maximum atomic E-state index is 12.8. The maximum absolute atomic E-state index is 12.8. The van der Waals surface area contributed by atoms with Crippen LogP contribution in [0.4, 0.5) is 0 Å². The molecule has 0 spiro atoms. The third kappa shape index (κ3) is 4.83. The number of benzene rings is 2. The lowest BCUT2D eigenvalue weighted by atomic mass is 10.2. The summed E-state index contributed by atoms with van der Waals surface area (Å²) in [6.07, 6.45) is 0.765. The van der Waals surface area contributed by atoms with Crippen molar-refractivity contribution in [2.75, 3.05) is 0 Å². The third-order valence-corrected chi connectivity index (χ3v) is 5.35. The number of rotatable bonds is 6. The van der Waals surface area contributed by atoms with E-state index in [1.165, 1.54) is 11.8 Å². The van der Waals surface area contributed by atoms with Crippen LogP contribution in [-0.4, -0.2) is 26.6 Å². The van der Waals surface area contributed by atoms with E-state index in [9.17, 15) is 14.4 Å². The van der Waals surface area contributed by atoms with Crippen LogP contribution in [0.15, 0.2) is 64.5 Å². The van der Waals surface area contributed by atoms with Crippen molar-refractivity contribution < 1.29 is 9.59 Å². The van der Waals surface area contributed by atoms with Crippen molar-refractivity contribution in [1.82, 2.24) is 20.4 Å². The third-order valence-electron chi connectivity index (χ3n) is 4.26. The molecule has 0 bridgehead atoms. The summed E-state index contributed by atoms with van der Waals surface area (Å²) in [6.45, 7) is 4.19. The molecule has 150 valence electrons. The maximum Gasteiger partial charge on any atom is 0.269 e. The summed E-state index contributed by atoms with van der Waals surface area (Å²) >= 11 is 1.18. The second-order valence-electron chi connectivity index (χ2n) is 6.44. The fourth-order valence-electron chi connectivity index (χ4n) is 2.75. The second-order valence-corrected chi connectivity index (χ2v) is 7.75. The molecular weight excluding hydrogens is 388 g/mol. The number of hydrogen-bond donors (Lipinski definition) is 2. The van der Waals surface area contributed by atoms with E-state index in [-0.39, 0.29) is 11.5 Å². The van der Waals surface area contributed by atoms with Crippen LogP contribution in [-0.2, 0) is 11.3 Å². The SMILES string of the molecule is CCCn1c(S[C@@H](C)C(=O)NNC(=O)c2ccccc2)nc2ccccc2c1=O. The number of hydrogen-bond acceptors (Lipinski definition) is 5. The van der Waals surface area contributed by atoms with E-state index in [0.29, 0.717) is 28.2 Å². The number of carbonyl (C=O) groups is 2. The van der Waals surface area contributed by atoms with E-state index < -0.39 is 11.2 Å². The molecule has 7 nitrogen and oxygen atoms in total. The molecule has 3 aromatic rings. The molecule has 3 rings (SSSR count). The molecule has 0 unspecified atom stereocenters. The summed E-state index contributed by atoms with van der Waals surface area (Å²) in [6, 6.07) is 15.8. The fourth-order valence-corrected chi connectivity index (χ4v) is 3.69. The lowest BCUT2D eigenvalue weighted by Crippen LogP contribution is -2.45. The number of carbonyl (C=O) groups excluding carboxylic acids is 2. The van der Waals surface area contributed by atoms with Crippen LogP contribution >= 0.6 is 11.8 Å². The zero-order chi connectivity index (χ0) is 20.8. The fraction of sp³-hybridized carbons (Fsp3) is 0.238. The standard InChI is InChI=1S/C21H22N4O3S/c1-3-13-25-20(28)16-11-7-8-12-17(16)22-21(25)29-14(2)18(26)23-24-19(27)15-9-5-4-6-10-15/h4-12,14H,3,13H2,1-2H3,(H,23,26)(H,24,27)/t14-/m0/s1. The Hall–Kier alpha value is -3.13. The number of nitrogens with one attached hydrogen (secondary N) is 2. The highest BCUT2D eigenvalue weighted by molar-refractivity contribution is 8.00. The van der Waals surface area contributed by atoms with Gasteiger partial charge in [-0.2, -0.15) is 0 Å². The Labute approximate surface area is 172 Å². The number of nitrogens with zero attached hydrogens (tertiary/aromatic N) is 2. The van der Waals surface area contributed by atoms with Gasteiger partial charge >= 0.3 is 0 Å². The van der Waals surface area contributed by atoms with E-state index in [4.69, 9.17) is 0 Å². The van der Waals surface area contributed by atoms with Crippen LogP contribution in [0.2, 0.25) is 0 Å². The molecule has 29 heavy (non-hydrogen) atoms. The summed E-state index contributed by atoms with van der Waals surface area (Å²) in [4.78, 5) is 41.9. The molecule has 1 atom stereocenters. The smallest absolute Gasteiger partial charge is 0.269 e. The molecular formula is C21H22N4O3S. The van der Waals surface area contributed by atoms with Crippen LogP contribution in [0.5, 0.6) is 0 Å². The van der Waals surface area contributed by atoms with Gasteiger partial charge in [0.25, 0.3) is 17.4 Å². The lowest BCUT2D eigenvalue weighted by Gasteiger charge is -2.16. The first kappa shape index (κ1) is 20.6. The first-order valence-corrected chi connectivity index (χ1v) is 10.2. The highest BCUT2D eigenvalue weighted by atomic mass is 32.2. The van der Waals surface area contributed by atoms with Gasteiger partial charge in [-0.25, -0.2) is 4.98 Å². The van der Waals surface area contributed by atoms with Gasteiger partial charge in [-0.3, -0.25) is 29.8 Å². The summed E-state index contributed by atoms with van der Waals surface area (Å²) in [7, 11) is 0. The molecule has 0 aliphatic heterocycles. The van der Waals surface area contributed by atoms with E-state index in [1.807, 2.05) is 13.0 Å². The minimum absolute atomic E-state index is 0.120.